The Kier molecular flexibility index (Phi) is 2.55. The zero-order valence-electron chi connectivity index (χ0n) is 9.46. The Morgan fingerprint density at radius 2 is 2.27 bits per heavy atom. The van der Waals surface area contributed by atoms with Crippen LogP contribution >= 0.6 is 0 Å². The van der Waals surface area contributed by atoms with Gasteiger partial charge in [0.25, 0.3) is 0 Å². The lowest BCUT2D eigenvalue weighted by Crippen LogP contribution is -2.21. The van der Waals surface area contributed by atoms with E-state index in [1.54, 1.807) is 12.4 Å². The summed E-state index contributed by atoms with van der Waals surface area (Å²) < 4.78 is 0. The largest absolute Gasteiger partial charge is 0.396 e. The number of nitrogens with zero attached hydrogens (tertiary/aromatic N) is 1. The second-order valence-corrected chi connectivity index (χ2v) is 4.83. The van der Waals surface area contributed by atoms with E-state index in [-0.39, 0.29) is 0 Å². The molecule has 3 nitrogen and oxygen atoms in total. The first-order chi connectivity index (χ1) is 7.14. The molecule has 3 heteroatoms. The summed E-state index contributed by atoms with van der Waals surface area (Å²) in [6.45, 7) is 5.62. The summed E-state index contributed by atoms with van der Waals surface area (Å²) in [5.41, 5.74) is 8.08. The van der Waals surface area contributed by atoms with E-state index < -0.39 is 0 Å². The number of hydrogen-bond donors (Lipinski definition) is 2. The summed E-state index contributed by atoms with van der Waals surface area (Å²) in [5.74, 6) is 0.744. The molecular weight excluding hydrogens is 186 g/mol. The lowest BCUT2D eigenvalue weighted by Gasteiger charge is -2.21. The molecule has 0 atom stereocenters. The van der Waals surface area contributed by atoms with Gasteiger partial charge in [-0.1, -0.05) is 13.8 Å². The van der Waals surface area contributed by atoms with Gasteiger partial charge in [0.05, 0.1) is 17.6 Å². The number of rotatable bonds is 4. The van der Waals surface area contributed by atoms with Crippen molar-refractivity contribution in [2.24, 2.45) is 11.3 Å². The molecule has 0 radical (unpaired) electrons. The molecule has 0 amide bonds. The van der Waals surface area contributed by atoms with Gasteiger partial charge < -0.3 is 11.1 Å². The molecule has 15 heavy (non-hydrogen) atoms. The number of nitrogen functional groups attached to an aromatic ring is 1. The van der Waals surface area contributed by atoms with E-state index in [0.717, 1.165) is 23.8 Å². The predicted molar refractivity (Wildman–Crippen MR) is 63.6 cm³/mol. The molecule has 0 bridgehead atoms. The van der Waals surface area contributed by atoms with Crippen molar-refractivity contribution < 1.29 is 0 Å². The van der Waals surface area contributed by atoms with Crippen LogP contribution in [0.25, 0.3) is 0 Å². The summed E-state index contributed by atoms with van der Waals surface area (Å²) >= 11 is 0. The Morgan fingerprint density at radius 1 is 1.53 bits per heavy atom. The minimum Gasteiger partial charge on any atom is -0.396 e. The standard InChI is InChI=1S/C12H19N3/c1-9(2)12(4-5-12)8-15-11-3-6-14-7-10(11)13/h3,6-7,9H,4-5,8,13H2,1-2H3,(H,14,15). The Balaban J connectivity index is 1.97. The van der Waals surface area contributed by atoms with Crippen molar-refractivity contribution >= 4 is 11.4 Å². The highest BCUT2D eigenvalue weighted by atomic mass is 14.9. The topological polar surface area (TPSA) is 50.9 Å². The zero-order valence-corrected chi connectivity index (χ0v) is 9.46. The van der Waals surface area contributed by atoms with Gasteiger partial charge in [0.2, 0.25) is 0 Å². The van der Waals surface area contributed by atoms with E-state index >= 15 is 0 Å². The normalized spacial score (nSPS) is 17.8. The number of nitrogens with one attached hydrogen (secondary N) is 1. The number of aromatic nitrogens is 1. The molecule has 3 N–H and O–H groups in total. The third-order valence-electron chi connectivity index (χ3n) is 3.60. The molecule has 1 heterocycles. The third-order valence-corrected chi connectivity index (χ3v) is 3.60. The second-order valence-electron chi connectivity index (χ2n) is 4.83. The SMILES string of the molecule is CC(C)C1(CNc2ccncc2N)CC1. The highest BCUT2D eigenvalue weighted by Gasteiger charge is 2.44. The van der Waals surface area contributed by atoms with Crippen molar-refractivity contribution in [3.8, 4) is 0 Å². The molecule has 0 spiro atoms. The van der Waals surface area contributed by atoms with E-state index in [9.17, 15) is 0 Å². The van der Waals surface area contributed by atoms with Gasteiger partial charge in [0.1, 0.15) is 0 Å². The van der Waals surface area contributed by atoms with Gasteiger partial charge in [-0.15, -0.1) is 0 Å². The molecule has 1 saturated carbocycles. The molecule has 2 rings (SSSR count). The number of anilines is 2. The highest BCUT2D eigenvalue weighted by Crippen LogP contribution is 2.51. The van der Waals surface area contributed by atoms with Gasteiger partial charge in [-0.3, -0.25) is 4.98 Å². The van der Waals surface area contributed by atoms with Crippen LogP contribution in [0.5, 0.6) is 0 Å². The number of nitrogens with two attached hydrogens (primary N) is 1. The molecule has 82 valence electrons. The molecule has 1 aromatic heterocycles. The predicted octanol–water partition coefficient (Wildman–Crippen LogP) is 2.51. The summed E-state index contributed by atoms with van der Waals surface area (Å²) in [7, 11) is 0. The highest BCUT2D eigenvalue weighted by molar-refractivity contribution is 5.64. The van der Waals surface area contributed by atoms with Crippen molar-refractivity contribution in [3.63, 3.8) is 0 Å². The Bertz CT molecular complexity index is 342. The van der Waals surface area contributed by atoms with Gasteiger partial charge in [0, 0.05) is 12.7 Å². The van der Waals surface area contributed by atoms with E-state index in [2.05, 4.69) is 24.1 Å². The van der Waals surface area contributed by atoms with Crippen LogP contribution < -0.4 is 11.1 Å². The summed E-state index contributed by atoms with van der Waals surface area (Å²) in [5, 5.41) is 3.43. The molecule has 0 unspecified atom stereocenters. The van der Waals surface area contributed by atoms with Crippen LogP contribution in [0.4, 0.5) is 11.4 Å². The fourth-order valence-electron chi connectivity index (χ4n) is 1.96. The molecule has 0 saturated heterocycles. The summed E-state index contributed by atoms with van der Waals surface area (Å²) in [4.78, 5) is 3.98. The van der Waals surface area contributed by atoms with Crippen molar-refractivity contribution in [2.45, 2.75) is 26.7 Å². The first kappa shape index (κ1) is 10.3. The van der Waals surface area contributed by atoms with Gasteiger partial charge >= 0.3 is 0 Å². The Labute approximate surface area is 91.1 Å². The maximum Gasteiger partial charge on any atom is 0.0736 e. The van der Waals surface area contributed by atoms with E-state index in [4.69, 9.17) is 5.73 Å². The van der Waals surface area contributed by atoms with Gasteiger partial charge in [-0.05, 0) is 30.2 Å². The molecule has 1 fully saturated rings. The number of hydrogen-bond acceptors (Lipinski definition) is 3. The lowest BCUT2D eigenvalue weighted by molar-refractivity contribution is 0.380. The fraction of sp³-hybridized carbons (Fsp3) is 0.583. The molecule has 1 aliphatic rings. The average Bonchev–Trinajstić information content (AvgIpc) is 2.98. The number of pyridine rings is 1. The van der Waals surface area contributed by atoms with Crippen LogP contribution in [0.1, 0.15) is 26.7 Å². The molecule has 1 aliphatic carbocycles. The molecule has 0 aliphatic heterocycles. The zero-order chi connectivity index (χ0) is 10.9. The van der Waals surface area contributed by atoms with E-state index in [1.165, 1.54) is 12.8 Å². The minimum atomic E-state index is 0.510. The van der Waals surface area contributed by atoms with Crippen molar-refractivity contribution in [1.82, 2.24) is 4.98 Å². The van der Waals surface area contributed by atoms with Gasteiger partial charge in [-0.25, -0.2) is 0 Å². The Hall–Kier alpha value is -1.25. The van der Waals surface area contributed by atoms with Crippen LogP contribution in [0.3, 0.4) is 0 Å². The molecule has 0 aromatic carbocycles. The first-order valence-electron chi connectivity index (χ1n) is 5.57. The average molecular weight is 205 g/mol. The van der Waals surface area contributed by atoms with Crippen molar-refractivity contribution in [1.29, 1.82) is 0 Å². The van der Waals surface area contributed by atoms with Gasteiger partial charge in [-0.2, -0.15) is 0 Å². The summed E-state index contributed by atoms with van der Waals surface area (Å²) in [6.07, 6.45) is 6.14. The third kappa shape index (κ3) is 2.06. The van der Waals surface area contributed by atoms with Crippen LogP contribution in [0.2, 0.25) is 0 Å². The smallest absolute Gasteiger partial charge is 0.0736 e. The molecule has 1 aromatic rings. The monoisotopic (exact) mass is 205 g/mol. The quantitative estimate of drug-likeness (QED) is 0.794. The van der Waals surface area contributed by atoms with Crippen molar-refractivity contribution in [2.75, 3.05) is 17.6 Å². The Morgan fingerprint density at radius 3 is 2.80 bits per heavy atom. The maximum absolute atomic E-state index is 5.82. The van der Waals surface area contributed by atoms with Crippen LogP contribution in [0.15, 0.2) is 18.5 Å². The van der Waals surface area contributed by atoms with Gasteiger partial charge in [0.15, 0.2) is 0 Å². The van der Waals surface area contributed by atoms with Crippen LogP contribution in [0, 0.1) is 11.3 Å². The maximum atomic E-state index is 5.82. The second kappa shape index (κ2) is 3.72. The molecular formula is C12H19N3. The fourth-order valence-corrected chi connectivity index (χ4v) is 1.96. The lowest BCUT2D eigenvalue weighted by atomic mass is 9.92. The van der Waals surface area contributed by atoms with E-state index in [1.807, 2.05) is 6.07 Å². The van der Waals surface area contributed by atoms with E-state index in [0.29, 0.717) is 5.41 Å². The first-order valence-corrected chi connectivity index (χ1v) is 5.57. The minimum absolute atomic E-state index is 0.510. The van der Waals surface area contributed by atoms with Crippen molar-refractivity contribution in [3.05, 3.63) is 18.5 Å². The summed E-state index contributed by atoms with van der Waals surface area (Å²) in [6, 6.07) is 1.94. The van der Waals surface area contributed by atoms with Crippen LogP contribution in [-0.2, 0) is 0 Å². The van der Waals surface area contributed by atoms with Crippen LogP contribution in [-0.4, -0.2) is 11.5 Å².